The van der Waals surface area contributed by atoms with Crippen LogP contribution in [0.5, 0.6) is 0 Å². The summed E-state index contributed by atoms with van der Waals surface area (Å²) in [4.78, 5) is 16.4. The first-order chi connectivity index (χ1) is 9.84. The van der Waals surface area contributed by atoms with E-state index in [-0.39, 0.29) is 25.2 Å². The van der Waals surface area contributed by atoms with Crippen LogP contribution in [0.3, 0.4) is 0 Å². The summed E-state index contributed by atoms with van der Waals surface area (Å²) in [6, 6.07) is 0.124. The van der Waals surface area contributed by atoms with E-state index >= 15 is 0 Å². The Morgan fingerprint density at radius 1 is 1.19 bits per heavy atom. The van der Waals surface area contributed by atoms with Crippen LogP contribution in [0.15, 0.2) is 0 Å². The first-order valence-corrected chi connectivity index (χ1v) is 8.03. The molecule has 0 bridgehead atoms. The fourth-order valence-electron chi connectivity index (χ4n) is 3.02. The Morgan fingerprint density at radius 2 is 1.71 bits per heavy atom. The Morgan fingerprint density at radius 3 is 2.19 bits per heavy atom. The summed E-state index contributed by atoms with van der Waals surface area (Å²) in [5.74, 6) is 0.127. The molecule has 5 nitrogen and oxygen atoms in total. The Hall–Kier alpha value is -0.650. The Balaban J connectivity index is 2.59. The molecule has 0 spiro atoms. The molecule has 0 aliphatic heterocycles. The molecule has 1 unspecified atom stereocenters. The molecule has 1 aliphatic rings. The predicted octanol–water partition coefficient (Wildman–Crippen LogP) is 1.09. The maximum atomic E-state index is 12.6. The molecule has 1 fully saturated rings. The lowest BCUT2D eigenvalue weighted by molar-refractivity contribution is -0.138. The third-order valence-corrected chi connectivity index (χ3v) is 4.88. The number of rotatable bonds is 7. The topological polar surface area (TPSA) is 64.0 Å². The van der Waals surface area contributed by atoms with E-state index in [9.17, 15) is 15.0 Å². The van der Waals surface area contributed by atoms with Crippen molar-refractivity contribution < 1.29 is 15.0 Å². The number of amides is 1. The number of carbonyl (C=O) groups is 1. The maximum absolute atomic E-state index is 12.6. The zero-order valence-electron chi connectivity index (χ0n) is 14.0. The molecular formula is C16H32N2O3. The van der Waals surface area contributed by atoms with Gasteiger partial charge in [-0.1, -0.05) is 26.2 Å². The predicted molar refractivity (Wildman–Crippen MR) is 84.0 cm³/mol. The maximum Gasteiger partial charge on any atom is 0.239 e. The minimum atomic E-state index is -0.577. The van der Waals surface area contributed by atoms with E-state index in [0.29, 0.717) is 12.6 Å². The normalized spacial score (nSPS) is 18.8. The van der Waals surface area contributed by atoms with Crippen molar-refractivity contribution in [1.82, 2.24) is 9.80 Å². The molecule has 124 valence electrons. The lowest BCUT2D eigenvalue weighted by Gasteiger charge is -2.37. The van der Waals surface area contributed by atoms with E-state index < -0.39 is 5.41 Å². The molecule has 0 aromatic rings. The molecule has 0 heterocycles. The van der Waals surface area contributed by atoms with Gasteiger partial charge in [0.15, 0.2) is 0 Å². The van der Waals surface area contributed by atoms with Crippen molar-refractivity contribution in [2.24, 2.45) is 5.41 Å². The lowest BCUT2D eigenvalue weighted by Crippen LogP contribution is -2.51. The quantitative estimate of drug-likeness (QED) is 0.739. The van der Waals surface area contributed by atoms with Crippen LogP contribution in [0.4, 0.5) is 0 Å². The molecule has 1 rings (SSSR count). The summed E-state index contributed by atoms with van der Waals surface area (Å²) in [6.45, 7) is 4.04. The first kappa shape index (κ1) is 18.4. The zero-order chi connectivity index (χ0) is 16.0. The lowest BCUT2D eigenvalue weighted by atomic mass is 9.91. The summed E-state index contributed by atoms with van der Waals surface area (Å²) in [5, 5.41) is 18.8. The molecule has 1 aliphatic carbocycles. The third-order valence-electron chi connectivity index (χ3n) is 4.88. The number of hydrogen-bond acceptors (Lipinski definition) is 4. The van der Waals surface area contributed by atoms with Gasteiger partial charge in [0.1, 0.15) is 0 Å². The summed E-state index contributed by atoms with van der Waals surface area (Å²) in [5.41, 5.74) is -0.577. The summed E-state index contributed by atoms with van der Waals surface area (Å²) in [7, 11) is 3.78. The molecule has 0 aromatic carbocycles. The van der Waals surface area contributed by atoms with Crippen molar-refractivity contribution in [2.45, 2.75) is 58.0 Å². The largest absolute Gasteiger partial charge is 0.396 e. The minimum Gasteiger partial charge on any atom is -0.396 e. The van der Waals surface area contributed by atoms with Crippen LogP contribution in [0.2, 0.25) is 0 Å². The van der Waals surface area contributed by atoms with Gasteiger partial charge in [-0.3, -0.25) is 9.69 Å². The molecule has 1 saturated carbocycles. The van der Waals surface area contributed by atoms with Crippen LogP contribution < -0.4 is 0 Å². The van der Waals surface area contributed by atoms with Gasteiger partial charge in [0, 0.05) is 25.0 Å². The van der Waals surface area contributed by atoms with E-state index in [1.54, 1.807) is 0 Å². The van der Waals surface area contributed by atoms with Crippen molar-refractivity contribution in [1.29, 1.82) is 0 Å². The third kappa shape index (κ3) is 4.94. The van der Waals surface area contributed by atoms with Gasteiger partial charge in [0.25, 0.3) is 0 Å². The highest BCUT2D eigenvalue weighted by Gasteiger charge is 2.31. The van der Waals surface area contributed by atoms with Crippen LogP contribution in [-0.4, -0.2) is 71.9 Å². The second-order valence-corrected chi connectivity index (χ2v) is 6.96. The van der Waals surface area contributed by atoms with Gasteiger partial charge in [-0.15, -0.1) is 0 Å². The van der Waals surface area contributed by atoms with Gasteiger partial charge in [0.05, 0.1) is 19.3 Å². The van der Waals surface area contributed by atoms with Gasteiger partial charge in [-0.2, -0.15) is 0 Å². The molecular weight excluding hydrogens is 268 g/mol. The molecule has 0 aromatic heterocycles. The standard InChI is InChI=1S/C16H32N2O3/c1-13(17(3)10-16(2,11-19)12-20)15(21)18(4)14-8-6-5-7-9-14/h13-14,19-20H,5-12H2,1-4H3. The van der Waals surface area contributed by atoms with Crippen molar-refractivity contribution in [3.8, 4) is 0 Å². The monoisotopic (exact) mass is 300 g/mol. The minimum absolute atomic E-state index is 0.0901. The van der Waals surface area contributed by atoms with Crippen molar-refractivity contribution in [2.75, 3.05) is 33.9 Å². The van der Waals surface area contributed by atoms with E-state index in [2.05, 4.69) is 0 Å². The molecule has 1 atom stereocenters. The molecule has 2 N–H and O–H groups in total. The highest BCUT2D eigenvalue weighted by atomic mass is 16.3. The number of carbonyl (C=O) groups excluding carboxylic acids is 1. The van der Waals surface area contributed by atoms with E-state index in [0.717, 1.165) is 12.8 Å². The number of aliphatic hydroxyl groups excluding tert-OH is 2. The smallest absolute Gasteiger partial charge is 0.239 e. The van der Waals surface area contributed by atoms with Crippen LogP contribution >= 0.6 is 0 Å². The van der Waals surface area contributed by atoms with E-state index in [1.165, 1.54) is 19.3 Å². The SMILES string of the molecule is CC(C(=O)N(C)C1CCCCC1)N(C)CC(C)(CO)CO. The average Bonchev–Trinajstić information content (AvgIpc) is 2.53. The van der Waals surface area contributed by atoms with Crippen LogP contribution in [0.1, 0.15) is 46.0 Å². The zero-order valence-corrected chi connectivity index (χ0v) is 14.0. The van der Waals surface area contributed by atoms with Crippen LogP contribution in [-0.2, 0) is 4.79 Å². The Labute approximate surface area is 128 Å². The fourth-order valence-corrected chi connectivity index (χ4v) is 3.02. The summed E-state index contributed by atoms with van der Waals surface area (Å²) in [6.07, 6.45) is 5.89. The molecule has 1 amide bonds. The highest BCUT2D eigenvalue weighted by Crippen LogP contribution is 2.23. The molecule has 21 heavy (non-hydrogen) atoms. The van der Waals surface area contributed by atoms with Crippen LogP contribution in [0, 0.1) is 5.41 Å². The average molecular weight is 300 g/mol. The molecule has 0 radical (unpaired) electrons. The van der Waals surface area contributed by atoms with Crippen molar-refractivity contribution in [3.05, 3.63) is 0 Å². The summed E-state index contributed by atoms with van der Waals surface area (Å²) >= 11 is 0. The van der Waals surface area contributed by atoms with Gasteiger partial charge < -0.3 is 15.1 Å². The Kier molecular flexibility index (Phi) is 7.10. The van der Waals surface area contributed by atoms with Gasteiger partial charge in [-0.05, 0) is 26.8 Å². The number of aliphatic hydroxyl groups is 2. The van der Waals surface area contributed by atoms with Crippen molar-refractivity contribution in [3.63, 3.8) is 0 Å². The Bertz CT molecular complexity index is 325. The van der Waals surface area contributed by atoms with E-state index in [4.69, 9.17) is 0 Å². The number of likely N-dealkylation sites (N-methyl/N-ethyl adjacent to an activating group) is 2. The first-order valence-electron chi connectivity index (χ1n) is 8.03. The fraction of sp³-hybridized carbons (Fsp3) is 0.938. The van der Waals surface area contributed by atoms with E-state index in [1.807, 2.05) is 37.7 Å². The molecule has 0 saturated heterocycles. The van der Waals surface area contributed by atoms with Gasteiger partial charge in [0.2, 0.25) is 5.91 Å². The van der Waals surface area contributed by atoms with Crippen molar-refractivity contribution >= 4 is 5.91 Å². The summed E-state index contributed by atoms with van der Waals surface area (Å²) < 4.78 is 0. The second-order valence-electron chi connectivity index (χ2n) is 6.96. The van der Waals surface area contributed by atoms with Gasteiger partial charge in [-0.25, -0.2) is 0 Å². The van der Waals surface area contributed by atoms with Gasteiger partial charge >= 0.3 is 0 Å². The number of hydrogen-bond donors (Lipinski definition) is 2. The number of nitrogens with zero attached hydrogens (tertiary/aromatic N) is 2. The highest BCUT2D eigenvalue weighted by molar-refractivity contribution is 5.81. The second kappa shape index (κ2) is 8.11. The van der Waals surface area contributed by atoms with Crippen LogP contribution in [0.25, 0.3) is 0 Å². The molecule has 5 heteroatoms.